The Morgan fingerprint density at radius 3 is 2.05 bits per heavy atom. The van der Waals surface area contributed by atoms with Crippen LogP contribution in [0, 0.1) is 17.5 Å². The zero-order chi connectivity index (χ0) is 15.5. The Hall–Kier alpha value is -1.77. The minimum Gasteiger partial charge on any atom is -0.329 e. The van der Waals surface area contributed by atoms with Gasteiger partial charge in [-0.3, -0.25) is 4.79 Å². The number of nitrogens with zero attached hydrogens (tertiary/aromatic N) is 1. The van der Waals surface area contributed by atoms with Crippen LogP contribution >= 0.6 is 0 Å². The normalized spacial score (nSPS) is 11.6. The van der Waals surface area contributed by atoms with Gasteiger partial charge in [0.25, 0.3) is 5.91 Å². The molecule has 0 aliphatic rings. The molecule has 0 heterocycles. The lowest BCUT2D eigenvalue weighted by Crippen LogP contribution is -2.42. The van der Waals surface area contributed by atoms with Gasteiger partial charge in [0.2, 0.25) is 0 Å². The van der Waals surface area contributed by atoms with Gasteiger partial charge in [0.15, 0.2) is 0 Å². The third-order valence-electron chi connectivity index (χ3n) is 2.28. The van der Waals surface area contributed by atoms with Gasteiger partial charge in [0, 0.05) is 25.2 Å². The molecule has 1 rings (SSSR count). The smallest absolute Gasteiger partial charge is 0.329 e. The summed E-state index contributed by atoms with van der Waals surface area (Å²) in [5.41, 5.74) is 3.81. The molecule has 2 N–H and O–H groups in total. The Bertz CT molecular complexity index is 479. The second-order valence-electron chi connectivity index (χ2n) is 3.87. The van der Waals surface area contributed by atoms with Crippen molar-refractivity contribution in [2.24, 2.45) is 5.73 Å². The number of hydrogen-bond donors (Lipinski definition) is 1. The van der Waals surface area contributed by atoms with Gasteiger partial charge >= 0.3 is 6.18 Å². The first kappa shape index (κ1) is 16.3. The van der Waals surface area contributed by atoms with Gasteiger partial charge in [-0.1, -0.05) is 0 Å². The number of hydrogen-bond acceptors (Lipinski definition) is 2. The minimum atomic E-state index is -4.75. The molecule has 112 valence electrons. The van der Waals surface area contributed by atoms with E-state index >= 15 is 0 Å². The maximum Gasteiger partial charge on any atom is 0.406 e. The molecular weight excluding hydrogens is 290 g/mol. The first-order valence-corrected chi connectivity index (χ1v) is 5.36. The van der Waals surface area contributed by atoms with Crippen LogP contribution in [0.2, 0.25) is 0 Å². The fraction of sp³-hybridized carbons (Fsp3) is 0.364. The van der Waals surface area contributed by atoms with Crippen LogP contribution in [0.25, 0.3) is 0 Å². The van der Waals surface area contributed by atoms with Crippen LogP contribution in [0.4, 0.5) is 26.3 Å². The second-order valence-corrected chi connectivity index (χ2v) is 3.87. The van der Waals surface area contributed by atoms with Crippen molar-refractivity contribution in [2.75, 3.05) is 19.6 Å². The largest absolute Gasteiger partial charge is 0.406 e. The van der Waals surface area contributed by atoms with Crippen molar-refractivity contribution < 1.29 is 31.1 Å². The molecule has 0 saturated carbocycles. The summed E-state index contributed by atoms with van der Waals surface area (Å²) in [6.07, 6.45) is -4.75. The lowest BCUT2D eigenvalue weighted by molar-refractivity contribution is -0.140. The van der Waals surface area contributed by atoms with E-state index in [0.717, 1.165) is 0 Å². The van der Waals surface area contributed by atoms with Gasteiger partial charge in [-0.05, 0) is 0 Å². The molecular formula is C11H10F6N2O. The molecule has 0 aliphatic heterocycles. The number of rotatable bonds is 4. The Morgan fingerprint density at radius 1 is 1.15 bits per heavy atom. The number of nitrogens with two attached hydrogens (primary N) is 1. The van der Waals surface area contributed by atoms with Crippen molar-refractivity contribution in [1.82, 2.24) is 4.90 Å². The van der Waals surface area contributed by atoms with Crippen molar-refractivity contribution in [3.05, 3.63) is 35.1 Å². The molecule has 0 atom stereocenters. The molecule has 1 aromatic carbocycles. The molecule has 0 spiro atoms. The average molecular weight is 300 g/mol. The van der Waals surface area contributed by atoms with Crippen LogP contribution in [0.1, 0.15) is 10.4 Å². The highest BCUT2D eigenvalue weighted by atomic mass is 19.4. The molecule has 20 heavy (non-hydrogen) atoms. The summed E-state index contributed by atoms with van der Waals surface area (Å²) in [6, 6.07) is 0.426. The molecule has 9 heteroatoms. The molecule has 3 nitrogen and oxygen atoms in total. The third kappa shape index (κ3) is 4.12. The standard InChI is InChI=1S/C11H10F6N2O/c12-6-3-7(13)9(8(14)4-6)10(20)19(2-1-18)5-11(15,16)17/h3-4H,1-2,5,18H2. The number of amides is 1. The maximum absolute atomic E-state index is 13.4. The topological polar surface area (TPSA) is 46.3 Å². The molecule has 0 unspecified atom stereocenters. The van der Waals surface area contributed by atoms with E-state index in [1.54, 1.807) is 0 Å². The molecule has 0 radical (unpaired) electrons. The summed E-state index contributed by atoms with van der Waals surface area (Å²) < 4.78 is 76.3. The fourth-order valence-electron chi connectivity index (χ4n) is 1.53. The molecule has 0 aromatic heterocycles. The van der Waals surface area contributed by atoms with Crippen molar-refractivity contribution in [1.29, 1.82) is 0 Å². The molecule has 0 aliphatic carbocycles. The molecule has 1 amide bonds. The maximum atomic E-state index is 13.4. The van der Waals surface area contributed by atoms with Crippen LogP contribution in [0.3, 0.4) is 0 Å². The van der Waals surface area contributed by atoms with E-state index < -0.39 is 48.2 Å². The third-order valence-corrected chi connectivity index (χ3v) is 2.28. The van der Waals surface area contributed by atoms with Crippen LogP contribution in [0.15, 0.2) is 12.1 Å². The van der Waals surface area contributed by atoms with E-state index in [2.05, 4.69) is 0 Å². The summed E-state index contributed by atoms with van der Waals surface area (Å²) in [7, 11) is 0. The Kier molecular flexibility index (Phi) is 4.98. The number of carbonyl (C=O) groups is 1. The van der Waals surface area contributed by atoms with Crippen LogP contribution in [-0.4, -0.2) is 36.6 Å². The Balaban J connectivity index is 3.13. The summed E-state index contributed by atoms with van der Waals surface area (Å²) in [4.78, 5) is 11.9. The zero-order valence-electron chi connectivity index (χ0n) is 9.98. The summed E-state index contributed by atoms with van der Waals surface area (Å²) in [5.74, 6) is -5.96. The average Bonchev–Trinajstić information content (AvgIpc) is 2.24. The van der Waals surface area contributed by atoms with E-state index in [-0.39, 0.29) is 23.6 Å². The van der Waals surface area contributed by atoms with Gasteiger partial charge < -0.3 is 10.6 Å². The number of alkyl halides is 3. The van der Waals surface area contributed by atoms with Crippen molar-refractivity contribution in [3.8, 4) is 0 Å². The van der Waals surface area contributed by atoms with E-state index in [1.807, 2.05) is 0 Å². The van der Waals surface area contributed by atoms with E-state index in [4.69, 9.17) is 5.73 Å². The van der Waals surface area contributed by atoms with Gasteiger partial charge in [0.1, 0.15) is 29.6 Å². The van der Waals surface area contributed by atoms with Gasteiger partial charge in [0.05, 0.1) is 0 Å². The Morgan fingerprint density at radius 2 is 1.65 bits per heavy atom. The molecule has 0 fully saturated rings. The predicted octanol–water partition coefficient (Wildman–Crippen LogP) is 2.07. The van der Waals surface area contributed by atoms with Crippen LogP contribution < -0.4 is 5.73 Å². The fourth-order valence-corrected chi connectivity index (χ4v) is 1.53. The SMILES string of the molecule is NCCN(CC(F)(F)F)C(=O)c1c(F)cc(F)cc1F. The van der Waals surface area contributed by atoms with Gasteiger partial charge in [-0.2, -0.15) is 13.2 Å². The summed E-state index contributed by atoms with van der Waals surface area (Å²) in [5, 5.41) is 0. The summed E-state index contributed by atoms with van der Waals surface area (Å²) >= 11 is 0. The molecule has 0 bridgehead atoms. The minimum absolute atomic E-state index is 0.152. The van der Waals surface area contributed by atoms with Gasteiger partial charge in [-0.15, -0.1) is 0 Å². The van der Waals surface area contributed by atoms with E-state index in [9.17, 15) is 31.1 Å². The molecule has 0 saturated heterocycles. The summed E-state index contributed by atoms with van der Waals surface area (Å²) in [6.45, 7) is -2.58. The highest BCUT2D eigenvalue weighted by Gasteiger charge is 2.34. The highest BCUT2D eigenvalue weighted by Crippen LogP contribution is 2.21. The van der Waals surface area contributed by atoms with E-state index in [0.29, 0.717) is 0 Å². The number of halogens is 6. The van der Waals surface area contributed by atoms with Crippen molar-refractivity contribution in [3.63, 3.8) is 0 Å². The first-order chi connectivity index (χ1) is 9.15. The second kappa shape index (κ2) is 6.12. The zero-order valence-corrected chi connectivity index (χ0v) is 9.98. The first-order valence-electron chi connectivity index (χ1n) is 5.36. The van der Waals surface area contributed by atoms with Crippen molar-refractivity contribution >= 4 is 5.91 Å². The van der Waals surface area contributed by atoms with Crippen LogP contribution in [0.5, 0.6) is 0 Å². The number of benzene rings is 1. The van der Waals surface area contributed by atoms with Crippen LogP contribution in [-0.2, 0) is 0 Å². The highest BCUT2D eigenvalue weighted by molar-refractivity contribution is 5.94. The lowest BCUT2D eigenvalue weighted by atomic mass is 10.1. The van der Waals surface area contributed by atoms with Gasteiger partial charge in [-0.25, -0.2) is 13.2 Å². The number of carbonyl (C=O) groups excluding carboxylic acids is 1. The van der Waals surface area contributed by atoms with E-state index in [1.165, 1.54) is 0 Å². The quantitative estimate of drug-likeness (QED) is 0.865. The molecule has 1 aromatic rings. The van der Waals surface area contributed by atoms with Crippen molar-refractivity contribution in [2.45, 2.75) is 6.18 Å². The monoisotopic (exact) mass is 300 g/mol. The predicted molar refractivity (Wildman–Crippen MR) is 57.3 cm³/mol. The Labute approximate surface area is 110 Å². The lowest BCUT2D eigenvalue weighted by Gasteiger charge is -2.23.